The minimum atomic E-state index is 0.222. The zero-order valence-electron chi connectivity index (χ0n) is 15.3. The summed E-state index contributed by atoms with van der Waals surface area (Å²) in [7, 11) is 0. The minimum Gasteiger partial charge on any atom is -0.370 e. The van der Waals surface area contributed by atoms with Gasteiger partial charge in [-0.1, -0.05) is 97.3 Å². The van der Waals surface area contributed by atoms with Gasteiger partial charge in [0.2, 0.25) is 0 Å². The van der Waals surface area contributed by atoms with Gasteiger partial charge in [-0.25, -0.2) is 0 Å². The molecule has 0 saturated carbocycles. The first-order chi connectivity index (χ1) is 10.6. The third-order valence-electron chi connectivity index (χ3n) is 4.23. The molecule has 132 valence electrons. The fraction of sp³-hybridized carbons (Fsp3) is 0.947. The van der Waals surface area contributed by atoms with Crippen molar-refractivity contribution in [3.8, 4) is 0 Å². The van der Waals surface area contributed by atoms with E-state index in [0.717, 1.165) is 18.9 Å². The minimum absolute atomic E-state index is 0.222. The van der Waals surface area contributed by atoms with Crippen molar-refractivity contribution in [2.24, 2.45) is 22.4 Å². The highest BCUT2D eigenvalue weighted by molar-refractivity contribution is 5.75. The topological polar surface area (TPSA) is 64.4 Å². The fourth-order valence-corrected chi connectivity index (χ4v) is 2.82. The molecule has 3 heteroatoms. The van der Waals surface area contributed by atoms with Gasteiger partial charge in [0.05, 0.1) is 0 Å². The lowest BCUT2D eigenvalue weighted by Gasteiger charge is -2.04. The summed E-state index contributed by atoms with van der Waals surface area (Å²) in [6, 6.07) is 0. The molecule has 0 aromatic carbocycles. The van der Waals surface area contributed by atoms with Crippen molar-refractivity contribution in [3.63, 3.8) is 0 Å². The SMILES string of the molecule is CC(C)CCCCCCCCCCCCCCCN=C(N)N. The van der Waals surface area contributed by atoms with Gasteiger partial charge in [0.15, 0.2) is 5.96 Å². The number of hydrogen-bond acceptors (Lipinski definition) is 1. The third-order valence-corrected chi connectivity index (χ3v) is 4.23. The molecule has 0 aliphatic rings. The molecule has 0 radical (unpaired) electrons. The van der Waals surface area contributed by atoms with Gasteiger partial charge in [-0.15, -0.1) is 0 Å². The number of nitrogens with zero attached hydrogens (tertiary/aromatic N) is 1. The van der Waals surface area contributed by atoms with Gasteiger partial charge in [-0.05, 0) is 12.3 Å². The Labute approximate surface area is 139 Å². The monoisotopic (exact) mass is 311 g/mol. The van der Waals surface area contributed by atoms with Crippen LogP contribution >= 0.6 is 0 Å². The first-order valence-corrected chi connectivity index (χ1v) is 9.68. The second-order valence-corrected chi connectivity index (χ2v) is 7.09. The van der Waals surface area contributed by atoms with Crippen molar-refractivity contribution in [2.75, 3.05) is 6.54 Å². The van der Waals surface area contributed by atoms with Gasteiger partial charge in [-0.3, -0.25) is 4.99 Å². The molecule has 0 aliphatic carbocycles. The van der Waals surface area contributed by atoms with E-state index in [9.17, 15) is 0 Å². The summed E-state index contributed by atoms with van der Waals surface area (Å²) >= 11 is 0. The van der Waals surface area contributed by atoms with Crippen LogP contribution in [0.25, 0.3) is 0 Å². The molecule has 0 atom stereocenters. The van der Waals surface area contributed by atoms with Gasteiger partial charge in [-0.2, -0.15) is 0 Å². The molecule has 0 fully saturated rings. The molecule has 0 heterocycles. The average Bonchev–Trinajstić information content (AvgIpc) is 2.46. The predicted molar refractivity (Wildman–Crippen MR) is 100 cm³/mol. The maximum atomic E-state index is 5.29. The van der Waals surface area contributed by atoms with Crippen molar-refractivity contribution >= 4 is 5.96 Å². The van der Waals surface area contributed by atoms with Gasteiger partial charge < -0.3 is 11.5 Å². The summed E-state index contributed by atoms with van der Waals surface area (Å²) in [5.74, 6) is 1.10. The highest BCUT2D eigenvalue weighted by atomic mass is 15.0. The largest absolute Gasteiger partial charge is 0.370 e. The van der Waals surface area contributed by atoms with Crippen molar-refractivity contribution in [2.45, 2.75) is 104 Å². The molecule has 0 saturated heterocycles. The molecule has 22 heavy (non-hydrogen) atoms. The Hall–Kier alpha value is -0.730. The highest BCUT2D eigenvalue weighted by Crippen LogP contribution is 2.14. The first kappa shape index (κ1) is 21.3. The summed E-state index contributed by atoms with van der Waals surface area (Å²) in [5.41, 5.74) is 10.6. The smallest absolute Gasteiger partial charge is 0.185 e. The second-order valence-electron chi connectivity index (χ2n) is 7.09. The third kappa shape index (κ3) is 19.3. The lowest BCUT2D eigenvalue weighted by Crippen LogP contribution is -2.22. The summed E-state index contributed by atoms with van der Waals surface area (Å²) in [6.45, 7) is 5.44. The predicted octanol–water partition coefficient (Wildman–Crippen LogP) is 5.38. The van der Waals surface area contributed by atoms with Crippen LogP contribution in [0.4, 0.5) is 0 Å². The number of nitrogens with two attached hydrogens (primary N) is 2. The molecule has 0 aromatic rings. The highest BCUT2D eigenvalue weighted by Gasteiger charge is 1.96. The molecule has 0 amide bonds. The number of rotatable bonds is 16. The lowest BCUT2D eigenvalue weighted by atomic mass is 10.0. The standard InChI is InChI=1S/C19H41N3/c1-18(2)16-14-12-10-8-6-4-3-5-7-9-11-13-15-17-22-19(20)21/h18H,3-17H2,1-2H3,(H4,20,21,22). The van der Waals surface area contributed by atoms with Gasteiger partial charge in [0.25, 0.3) is 0 Å². The average molecular weight is 312 g/mol. The Morgan fingerprint density at radius 3 is 1.36 bits per heavy atom. The van der Waals surface area contributed by atoms with E-state index < -0.39 is 0 Å². The molecule has 0 bridgehead atoms. The van der Waals surface area contributed by atoms with Crippen LogP contribution < -0.4 is 11.5 Å². The van der Waals surface area contributed by atoms with E-state index in [-0.39, 0.29) is 5.96 Å². The molecule has 0 spiro atoms. The number of hydrogen-bond donors (Lipinski definition) is 2. The number of aliphatic imine (C=N–C) groups is 1. The maximum absolute atomic E-state index is 5.29. The molecule has 0 aromatic heterocycles. The Morgan fingerprint density at radius 2 is 1.00 bits per heavy atom. The normalized spacial score (nSPS) is 11.0. The zero-order valence-corrected chi connectivity index (χ0v) is 15.3. The maximum Gasteiger partial charge on any atom is 0.185 e. The Bertz CT molecular complexity index is 245. The van der Waals surface area contributed by atoms with Gasteiger partial charge >= 0.3 is 0 Å². The summed E-state index contributed by atoms with van der Waals surface area (Å²) in [4.78, 5) is 4.00. The molecule has 3 nitrogen and oxygen atoms in total. The Kier molecular flexibility index (Phi) is 16.1. The molecule has 0 unspecified atom stereocenters. The van der Waals surface area contributed by atoms with Crippen LogP contribution in [-0.2, 0) is 0 Å². The second kappa shape index (κ2) is 16.6. The van der Waals surface area contributed by atoms with Crippen LogP contribution in [-0.4, -0.2) is 12.5 Å². The lowest BCUT2D eigenvalue weighted by molar-refractivity contribution is 0.503. The zero-order chi connectivity index (χ0) is 16.5. The molecule has 0 rings (SSSR count). The van der Waals surface area contributed by atoms with E-state index in [1.54, 1.807) is 0 Å². The summed E-state index contributed by atoms with van der Waals surface area (Å²) in [6.07, 6.45) is 19.4. The Morgan fingerprint density at radius 1 is 0.636 bits per heavy atom. The Balaban J connectivity index is 3.01. The molecule has 0 aliphatic heterocycles. The van der Waals surface area contributed by atoms with Crippen molar-refractivity contribution in [1.82, 2.24) is 0 Å². The summed E-state index contributed by atoms with van der Waals surface area (Å²) < 4.78 is 0. The summed E-state index contributed by atoms with van der Waals surface area (Å²) in [5, 5.41) is 0. The van der Waals surface area contributed by atoms with E-state index in [1.807, 2.05) is 0 Å². The molecular weight excluding hydrogens is 270 g/mol. The van der Waals surface area contributed by atoms with Crippen LogP contribution in [0.15, 0.2) is 4.99 Å². The quantitative estimate of drug-likeness (QED) is 0.228. The van der Waals surface area contributed by atoms with E-state index >= 15 is 0 Å². The van der Waals surface area contributed by atoms with E-state index in [1.165, 1.54) is 83.5 Å². The fourth-order valence-electron chi connectivity index (χ4n) is 2.82. The van der Waals surface area contributed by atoms with Crippen molar-refractivity contribution < 1.29 is 0 Å². The van der Waals surface area contributed by atoms with Crippen LogP contribution in [0.5, 0.6) is 0 Å². The van der Waals surface area contributed by atoms with Crippen LogP contribution in [0, 0.1) is 5.92 Å². The number of guanidine groups is 1. The van der Waals surface area contributed by atoms with Gasteiger partial charge in [0.1, 0.15) is 0 Å². The molecular formula is C19H41N3. The van der Waals surface area contributed by atoms with Crippen LogP contribution in [0.1, 0.15) is 104 Å². The van der Waals surface area contributed by atoms with E-state index in [4.69, 9.17) is 11.5 Å². The van der Waals surface area contributed by atoms with E-state index in [2.05, 4.69) is 18.8 Å². The van der Waals surface area contributed by atoms with Crippen LogP contribution in [0.3, 0.4) is 0 Å². The van der Waals surface area contributed by atoms with Gasteiger partial charge in [0, 0.05) is 6.54 Å². The van der Waals surface area contributed by atoms with Crippen LogP contribution in [0.2, 0.25) is 0 Å². The van der Waals surface area contributed by atoms with Crippen molar-refractivity contribution in [1.29, 1.82) is 0 Å². The first-order valence-electron chi connectivity index (χ1n) is 9.68. The van der Waals surface area contributed by atoms with E-state index in [0.29, 0.717) is 0 Å². The van der Waals surface area contributed by atoms with Crippen molar-refractivity contribution in [3.05, 3.63) is 0 Å². The number of unbranched alkanes of at least 4 members (excludes halogenated alkanes) is 12. The molecule has 4 N–H and O–H groups in total.